The Morgan fingerprint density at radius 2 is 1.74 bits per heavy atom. The fourth-order valence-electron chi connectivity index (χ4n) is 2.73. The largest absolute Gasteiger partial charge is 0.419 e. The first-order valence-electron chi connectivity index (χ1n) is 7.86. The molecule has 10 heteroatoms. The molecular formula is C17H14F4N2O3S. The van der Waals surface area contributed by atoms with Gasteiger partial charge in [0, 0.05) is 17.8 Å². The molecule has 27 heavy (non-hydrogen) atoms. The van der Waals surface area contributed by atoms with Gasteiger partial charge >= 0.3 is 6.18 Å². The summed E-state index contributed by atoms with van der Waals surface area (Å²) in [5.41, 5.74) is -1.16. The van der Waals surface area contributed by atoms with Crippen LogP contribution in [-0.4, -0.2) is 26.6 Å². The Bertz CT molecular complexity index is 973. The van der Waals surface area contributed by atoms with Crippen LogP contribution in [0.5, 0.6) is 0 Å². The van der Waals surface area contributed by atoms with Gasteiger partial charge in [-0.25, -0.2) is 12.8 Å². The number of amides is 1. The molecule has 1 aliphatic heterocycles. The summed E-state index contributed by atoms with van der Waals surface area (Å²) >= 11 is 0. The molecule has 2 aromatic rings. The number of carbonyl (C=O) groups excluding carboxylic acids is 1. The quantitative estimate of drug-likeness (QED) is 0.798. The van der Waals surface area contributed by atoms with Gasteiger partial charge in [-0.05, 0) is 48.9 Å². The first-order valence-corrected chi connectivity index (χ1v) is 9.47. The van der Waals surface area contributed by atoms with Gasteiger partial charge in [0.05, 0.1) is 17.0 Å². The predicted molar refractivity (Wildman–Crippen MR) is 91.5 cm³/mol. The molecule has 1 saturated heterocycles. The number of nitrogens with one attached hydrogen (secondary N) is 1. The Kier molecular flexibility index (Phi) is 4.85. The maximum absolute atomic E-state index is 13.3. The van der Waals surface area contributed by atoms with E-state index in [9.17, 15) is 30.8 Å². The van der Waals surface area contributed by atoms with E-state index in [1.807, 2.05) is 0 Å². The maximum atomic E-state index is 13.3. The van der Waals surface area contributed by atoms with E-state index in [1.165, 1.54) is 28.6 Å². The first kappa shape index (κ1) is 19.2. The molecule has 0 aliphatic carbocycles. The number of rotatable bonds is 3. The maximum Gasteiger partial charge on any atom is 0.419 e. The minimum atomic E-state index is -4.88. The van der Waals surface area contributed by atoms with Crippen molar-refractivity contribution in [3.63, 3.8) is 0 Å². The summed E-state index contributed by atoms with van der Waals surface area (Å²) in [5.74, 6) is -2.08. The van der Waals surface area contributed by atoms with Crippen molar-refractivity contribution < 1.29 is 30.8 Å². The van der Waals surface area contributed by atoms with Gasteiger partial charge in [0.15, 0.2) is 0 Å². The molecule has 0 radical (unpaired) electrons. The summed E-state index contributed by atoms with van der Waals surface area (Å²) in [6.07, 6.45) is -4.37. The highest BCUT2D eigenvalue weighted by Crippen LogP contribution is 2.33. The molecule has 0 atom stereocenters. The molecule has 1 amide bonds. The molecule has 3 rings (SSSR count). The molecule has 0 spiro atoms. The van der Waals surface area contributed by atoms with E-state index < -0.39 is 33.5 Å². The van der Waals surface area contributed by atoms with Crippen LogP contribution in [0.2, 0.25) is 0 Å². The van der Waals surface area contributed by atoms with Gasteiger partial charge in [-0.2, -0.15) is 13.2 Å². The zero-order valence-electron chi connectivity index (χ0n) is 13.8. The normalized spacial score (nSPS) is 16.4. The Morgan fingerprint density at radius 1 is 1.07 bits per heavy atom. The average Bonchev–Trinajstić information content (AvgIpc) is 2.95. The van der Waals surface area contributed by atoms with Crippen molar-refractivity contribution >= 4 is 27.3 Å². The lowest BCUT2D eigenvalue weighted by Gasteiger charge is -2.17. The van der Waals surface area contributed by atoms with Crippen molar-refractivity contribution in [1.29, 1.82) is 0 Å². The third kappa shape index (κ3) is 4.05. The van der Waals surface area contributed by atoms with Gasteiger partial charge in [-0.15, -0.1) is 0 Å². The van der Waals surface area contributed by atoms with Crippen molar-refractivity contribution in [2.24, 2.45) is 0 Å². The highest BCUT2D eigenvalue weighted by molar-refractivity contribution is 7.93. The molecule has 1 aliphatic rings. The van der Waals surface area contributed by atoms with Crippen LogP contribution in [0.1, 0.15) is 22.3 Å². The summed E-state index contributed by atoms with van der Waals surface area (Å²) in [6.45, 7) is 0.351. The van der Waals surface area contributed by atoms with Crippen molar-refractivity contribution in [2.75, 3.05) is 21.9 Å². The second-order valence-electron chi connectivity index (χ2n) is 5.94. The molecule has 144 valence electrons. The number of sulfonamides is 1. The zero-order valence-corrected chi connectivity index (χ0v) is 14.6. The van der Waals surface area contributed by atoms with Crippen LogP contribution in [0.25, 0.3) is 0 Å². The van der Waals surface area contributed by atoms with Crippen LogP contribution in [-0.2, 0) is 16.2 Å². The smallest absolute Gasteiger partial charge is 0.322 e. The summed E-state index contributed by atoms with van der Waals surface area (Å²) in [4.78, 5) is 12.2. The third-order valence-electron chi connectivity index (χ3n) is 4.05. The van der Waals surface area contributed by atoms with Gasteiger partial charge in [0.2, 0.25) is 10.0 Å². The van der Waals surface area contributed by atoms with Crippen LogP contribution in [0, 0.1) is 5.82 Å². The number of hydrogen-bond acceptors (Lipinski definition) is 3. The average molecular weight is 402 g/mol. The lowest BCUT2D eigenvalue weighted by atomic mass is 10.1. The highest BCUT2D eigenvalue weighted by atomic mass is 32.2. The molecule has 1 N–H and O–H groups in total. The fourth-order valence-corrected chi connectivity index (χ4v) is 4.30. The van der Waals surface area contributed by atoms with Gasteiger partial charge in [-0.1, -0.05) is 0 Å². The summed E-state index contributed by atoms with van der Waals surface area (Å²) < 4.78 is 76.5. The topological polar surface area (TPSA) is 66.5 Å². The van der Waals surface area contributed by atoms with Crippen LogP contribution in [0.3, 0.4) is 0 Å². The molecular weight excluding hydrogens is 388 g/mol. The second-order valence-corrected chi connectivity index (χ2v) is 7.95. The van der Waals surface area contributed by atoms with E-state index in [4.69, 9.17) is 0 Å². The van der Waals surface area contributed by atoms with Crippen LogP contribution in [0.4, 0.5) is 28.9 Å². The third-order valence-corrected chi connectivity index (χ3v) is 5.92. The molecule has 5 nitrogen and oxygen atoms in total. The highest BCUT2D eigenvalue weighted by Gasteiger charge is 2.34. The SMILES string of the molecule is O=C(Nc1ccc(F)c(C(F)(F)F)c1)c1ccc(N2CCCS2(=O)=O)cc1. The van der Waals surface area contributed by atoms with E-state index in [2.05, 4.69) is 5.32 Å². The van der Waals surface area contributed by atoms with E-state index in [0.29, 0.717) is 30.8 Å². The minimum absolute atomic E-state index is 0.0569. The summed E-state index contributed by atoms with van der Waals surface area (Å²) in [6, 6.07) is 7.79. The number of anilines is 2. The van der Waals surface area contributed by atoms with Crippen molar-refractivity contribution in [1.82, 2.24) is 0 Å². The first-order chi connectivity index (χ1) is 12.6. The number of carbonyl (C=O) groups is 1. The number of hydrogen-bond donors (Lipinski definition) is 1. The number of halogens is 4. The number of nitrogens with zero attached hydrogens (tertiary/aromatic N) is 1. The van der Waals surface area contributed by atoms with Crippen LogP contribution < -0.4 is 9.62 Å². The van der Waals surface area contributed by atoms with Gasteiger partial charge in [-0.3, -0.25) is 9.10 Å². The molecule has 0 unspecified atom stereocenters. The lowest BCUT2D eigenvalue weighted by molar-refractivity contribution is -0.139. The molecule has 0 aromatic heterocycles. The van der Waals surface area contributed by atoms with Gasteiger partial charge < -0.3 is 5.32 Å². The summed E-state index contributed by atoms with van der Waals surface area (Å²) in [7, 11) is -3.35. The minimum Gasteiger partial charge on any atom is -0.322 e. The Balaban J connectivity index is 1.77. The van der Waals surface area contributed by atoms with Crippen LogP contribution in [0.15, 0.2) is 42.5 Å². The standard InChI is InChI=1S/C17H14F4N2O3S/c18-15-7-4-12(10-14(15)17(19,20)21)22-16(24)11-2-5-13(6-3-11)23-8-1-9-27(23,25)26/h2-7,10H,1,8-9H2,(H,22,24). The van der Waals surface area contributed by atoms with Crippen molar-refractivity contribution in [3.8, 4) is 0 Å². The Hall–Kier alpha value is -2.62. The number of benzene rings is 2. The second kappa shape index (κ2) is 6.84. The predicted octanol–water partition coefficient (Wildman–Crippen LogP) is 3.64. The molecule has 1 heterocycles. The molecule has 1 fully saturated rings. The Labute approximate surface area is 152 Å². The van der Waals surface area contributed by atoms with Crippen LogP contribution >= 0.6 is 0 Å². The molecule has 0 saturated carbocycles. The zero-order chi connectivity index (χ0) is 19.8. The van der Waals surface area contributed by atoms with Crippen molar-refractivity contribution in [2.45, 2.75) is 12.6 Å². The van der Waals surface area contributed by atoms with E-state index in [-0.39, 0.29) is 17.0 Å². The van der Waals surface area contributed by atoms with E-state index in [1.54, 1.807) is 0 Å². The van der Waals surface area contributed by atoms with E-state index >= 15 is 0 Å². The fraction of sp³-hybridized carbons (Fsp3) is 0.235. The summed E-state index contributed by atoms with van der Waals surface area (Å²) in [5, 5.41) is 2.27. The van der Waals surface area contributed by atoms with Gasteiger partial charge in [0.25, 0.3) is 5.91 Å². The molecule has 2 aromatic carbocycles. The van der Waals surface area contributed by atoms with Gasteiger partial charge in [0.1, 0.15) is 5.82 Å². The van der Waals surface area contributed by atoms with E-state index in [0.717, 1.165) is 6.07 Å². The monoisotopic (exact) mass is 402 g/mol. The molecule has 0 bridgehead atoms. The van der Waals surface area contributed by atoms with Crippen molar-refractivity contribution in [3.05, 3.63) is 59.4 Å². The Morgan fingerprint density at radius 3 is 2.30 bits per heavy atom. The lowest BCUT2D eigenvalue weighted by Crippen LogP contribution is -2.25. The number of alkyl halides is 3.